The molecule has 2 rings (SSSR count). The van der Waals surface area contributed by atoms with Gasteiger partial charge in [0.1, 0.15) is 49.6 Å². The number of aryl methyl sites for hydroxylation is 1. The number of aliphatic hydroxyl groups is 2. The number of aromatic amines is 1. The lowest BCUT2D eigenvalue weighted by molar-refractivity contribution is -0.140. The van der Waals surface area contributed by atoms with Crippen molar-refractivity contribution in [3.05, 3.63) is 32.6 Å². The molecule has 0 aliphatic carbocycles. The molecule has 0 aromatic carbocycles. The van der Waals surface area contributed by atoms with Gasteiger partial charge in [0.15, 0.2) is 0 Å². The molecule has 15 N–H and O–H groups in total. The largest absolute Gasteiger partial charge is 0.480 e. The molecular weight excluding hydrogens is 809 g/mol. The Labute approximate surface area is 330 Å². The van der Waals surface area contributed by atoms with Gasteiger partial charge in [-0.15, -0.1) is 0 Å². The molecule has 1 aliphatic rings. The quantitative estimate of drug-likeness (QED) is 0.0361. The van der Waals surface area contributed by atoms with Gasteiger partial charge in [0.05, 0.1) is 12.7 Å². The lowest BCUT2D eigenvalue weighted by Gasteiger charge is -2.20. The zero-order chi connectivity index (χ0) is 43.4. The minimum Gasteiger partial charge on any atom is -0.480 e. The molecule has 1 saturated heterocycles. The van der Waals surface area contributed by atoms with Gasteiger partial charge in [-0.2, -0.15) is 0 Å². The van der Waals surface area contributed by atoms with Crippen molar-refractivity contribution in [1.29, 1.82) is 0 Å². The molecule has 5 unspecified atom stereocenters. The lowest BCUT2D eigenvalue weighted by atomic mass is 10.1. The number of nitrogens with one attached hydrogen (secondary N) is 5. The summed E-state index contributed by atoms with van der Waals surface area (Å²) in [6.45, 7) is -0.217. The van der Waals surface area contributed by atoms with E-state index in [1.807, 2.05) is 0 Å². The molecule has 0 spiro atoms. The Morgan fingerprint density at radius 2 is 1.28 bits per heavy atom. The Hall–Kier alpha value is -5.06. The Balaban J connectivity index is 0.000000782. The molecule has 0 radical (unpaired) electrons. The Bertz CT molecular complexity index is 1640. The van der Waals surface area contributed by atoms with Crippen LogP contribution in [-0.4, -0.2) is 155 Å². The second-order valence-corrected chi connectivity index (χ2v) is 14.6. The Kier molecular flexibility index (Phi) is 22.1. The van der Waals surface area contributed by atoms with Crippen LogP contribution in [0.1, 0.15) is 43.9 Å². The number of hydrogen-bond donors (Lipinski definition) is 13. The van der Waals surface area contributed by atoms with E-state index in [-0.39, 0.29) is 50.2 Å². The molecule has 0 bridgehead atoms. The first-order chi connectivity index (χ1) is 26.7. The van der Waals surface area contributed by atoms with Gasteiger partial charge in [-0.3, -0.25) is 52.7 Å². The normalized spacial score (nSPS) is 18.0. The fraction of sp³-hybridized carbons (Fsp3) is 0.600. The van der Waals surface area contributed by atoms with E-state index in [2.05, 4.69) is 26.3 Å². The van der Waals surface area contributed by atoms with E-state index in [4.69, 9.17) is 41.7 Å². The van der Waals surface area contributed by atoms with Crippen molar-refractivity contribution in [3.63, 3.8) is 0 Å². The molecule has 7 atom stereocenters. The second kappa shape index (κ2) is 25.2. The molecule has 2 heterocycles. The number of carbonyl (C=O) groups is 8. The summed E-state index contributed by atoms with van der Waals surface area (Å²) in [5, 5.41) is 62.6. The Morgan fingerprint density at radius 3 is 1.65 bits per heavy atom. The molecule has 1 fully saturated rings. The molecule has 0 saturated carbocycles. The van der Waals surface area contributed by atoms with Gasteiger partial charge in [-0.05, 0) is 19.8 Å². The van der Waals surface area contributed by atoms with Crippen molar-refractivity contribution in [2.75, 3.05) is 31.2 Å². The monoisotopic (exact) mass is 854 g/mol. The van der Waals surface area contributed by atoms with Gasteiger partial charge in [0.2, 0.25) is 23.6 Å². The zero-order valence-corrected chi connectivity index (χ0v) is 31.9. The number of aliphatic hydroxyl groups excluding tert-OH is 2. The number of aliphatic carboxylic acids is 4. The average Bonchev–Trinajstić information content (AvgIpc) is 3.52. The van der Waals surface area contributed by atoms with E-state index in [1.54, 1.807) is 6.92 Å². The molecule has 1 aromatic rings. The van der Waals surface area contributed by atoms with Crippen molar-refractivity contribution in [2.45, 2.75) is 81.6 Å². The van der Waals surface area contributed by atoms with Crippen LogP contribution in [-0.2, 0) is 43.1 Å². The maximum atomic E-state index is 12.4. The van der Waals surface area contributed by atoms with E-state index in [9.17, 15) is 53.1 Å². The van der Waals surface area contributed by atoms with E-state index >= 15 is 0 Å². The minimum absolute atomic E-state index is 0.155. The van der Waals surface area contributed by atoms with Gasteiger partial charge in [0, 0.05) is 42.5 Å². The third-order valence-corrected chi connectivity index (χ3v) is 9.95. The predicted molar refractivity (Wildman–Crippen MR) is 197 cm³/mol. The highest BCUT2D eigenvalue weighted by Crippen LogP contribution is 2.27. The number of rotatable bonds is 23. The SMILES string of the molecule is Cc1cn(C2C[C@@H](O)[C@H](CO)O2)c(=O)[nH]c1=O.NC(CCC(=O)NC(CSSCC(NC(=O)CCC(N)C(=O)O)C(=O)NCC(=O)O)C(=O)NCC(=O)O)C(=O)O. The fourth-order valence-corrected chi connectivity index (χ4v) is 6.70. The number of amides is 4. The summed E-state index contributed by atoms with van der Waals surface area (Å²) in [7, 11) is 1.89. The van der Waals surface area contributed by atoms with Crippen LogP contribution in [0.2, 0.25) is 0 Å². The maximum absolute atomic E-state index is 12.4. The molecule has 25 nitrogen and oxygen atoms in total. The van der Waals surface area contributed by atoms with Crippen molar-refractivity contribution < 1.29 is 73.7 Å². The fourth-order valence-electron chi connectivity index (χ4n) is 4.37. The number of H-pyrrole nitrogens is 1. The maximum Gasteiger partial charge on any atom is 0.330 e. The van der Waals surface area contributed by atoms with E-state index in [1.165, 1.54) is 10.8 Å². The Morgan fingerprint density at radius 1 is 0.842 bits per heavy atom. The number of carboxylic acid groups (broad SMARTS) is 4. The number of ether oxygens (including phenoxy) is 1. The third kappa shape index (κ3) is 19.1. The smallest absolute Gasteiger partial charge is 0.330 e. The number of aromatic nitrogens is 2. The first kappa shape index (κ1) is 50.0. The summed E-state index contributed by atoms with van der Waals surface area (Å²) < 4.78 is 6.54. The summed E-state index contributed by atoms with van der Waals surface area (Å²) >= 11 is 0. The first-order valence-electron chi connectivity index (χ1n) is 16.7. The first-order valence-corrected chi connectivity index (χ1v) is 19.2. The van der Waals surface area contributed by atoms with E-state index in [0.29, 0.717) is 5.56 Å². The van der Waals surface area contributed by atoms with Crippen LogP contribution in [0.4, 0.5) is 0 Å². The molecule has 27 heteroatoms. The van der Waals surface area contributed by atoms with Gasteiger partial charge in [-0.25, -0.2) is 4.79 Å². The van der Waals surface area contributed by atoms with Crippen LogP contribution in [0.25, 0.3) is 0 Å². The van der Waals surface area contributed by atoms with Gasteiger partial charge in [-0.1, -0.05) is 21.6 Å². The number of hydrogen-bond acceptors (Lipinski definition) is 17. The van der Waals surface area contributed by atoms with Crippen LogP contribution in [0.15, 0.2) is 15.8 Å². The predicted octanol–water partition coefficient (Wildman–Crippen LogP) is -5.39. The van der Waals surface area contributed by atoms with Crippen LogP contribution < -0.4 is 44.0 Å². The summed E-state index contributed by atoms with van der Waals surface area (Å²) in [4.78, 5) is 117. The van der Waals surface area contributed by atoms with Crippen molar-refractivity contribution in [1.82, 2.24) is 30.8 Å². The molecule has 57 heavy (non-hydrogen) atoms. The number of carbonyl (C=O) groups excluding carboxylic acids is 4. The van der Waals surface area contributed by atoms with Crippen LogP contribution in [0.3, 0.4) is 0 Å². The molecule has 320 valence electrons. The van der Waals surface area contributed by atoms with E-state index in [0.717, 1.165) is 21.6 Å². The van der Waals surface area contributed by atoms with Crippen molar-refractivity contribution >= 4 is 69.1 Å². The average molecular weight is 855 g/mol. The van der Waals surface area contributed by atoms with Crippen LogP contribution >= 0.6 is 21.6 Å². The molecular formula is C30H46N8O17S2. The number of nitrogens with zero attached hydrogens (tertiary/aromatic N) is 1. The molecule has 1 aliphatic heterocycles. The summed E-state index contributed by atoms with van der Waals surface area (Å²) in [6, 6.07) is -5.16. The highest BCUT2D eigenvalue weighted by Gasteiger charge is 2.35. The topological polar surface area (TPSA) is 422 Å². The number of carboxylic acids is 4. The standard InChI is InChI=1S/C20H32N6O12S2.C10H14N2O5/c21-9(19(35)36)1-3-13(27)25-11(17(33)23-5-15(29)30)7-39-40-8-12(18(34)24-6-16(31)32)26-14(28)4-2-10(22)20(37)38;1-5-3-12(10(16)11-9(5)15)8-2-6(14)7(4-13)17-8/h9-12H,1-8,21-22H2,(H,23,33)(H,24,34)(H,25,27)(H,26,28)(H,29,30)(H,31,32)(H,35,36)(H,37,38);3,6-8,13-14H,2,4H2,1H3,(H,11,15,16)/t;6-,7+,8?/m.1/s1. The van der Waals surface area contributed by atoms with Crippen molar-refractivity contribution in [2.24, 2.45) is 11.5 Å². The van der Waals surface area contributed by atoms with Gasteiger partial charge in [0.25, 0.3) is 5.56 Å². The van der Waals surface area contributed by atoms with E-state index < -0.39 is 114 Å². The van der Waals surface area contributed by atoms with Crippen LogP contribution in [0, 0.1) is 6.92 Å². The second-order valence-electron chi connectivity index (χ2n) is 12.1. The highest BCUT2D eigenvalue weighted by atomic mass is 33.1. The van der Waals surface area contributed by atoms with Gasteiger partial charge < -0.3 is 68.1 Å². The summed E-state index contributed by atoms with van der Waals surface area (Å²) in [5.41, 5.74) is 10.1. The summed E-state index contributed by atoms with van der Waals surface area (Å²) in [5.74, 6) is -8.81. The highest BCUT2D eigenvalue weighted by molar-refractivity contribution is 8.76. The number of nitrogens with two attached hydrogens (primary N) is 2. The zero-order valence-electron chi connectivity index (χ0n) is 30.3. The van der Waals surface area contributed by atoms with Gasteiger partial charge >= 0.3 is 29.6 Å². The van der Waals surface area contributed by atoms with Crippen molar-refractivity contribution in [3.8, 4) is 0 Å². The third-order valence-electron chi connectivity index (χ3n) is 7.52. The lowest BCUT2D eigenvalue weighted by Crippen LogP contribution is -2.50. The minimum atomic E-state index is -1.34. The summed E-state index contributed by atoms with van der Waals surface area (Å²) in [6.07, 6.45) is -1.70. The van der Waals surface area contributed by atoms with Crippen LogP contribution in [0.5, 0.6) is 0 Å². The molecule has 4 amide bonds. The molecule has 1 aromatic heterocycles.